The summed E-state index contributed by atoms with van der Waals surface area (Å²) >= 11 is 0. The maximum Gasteiger partial charge on any atom is 0.302 e. The molecule has 0 unspecified atom stereocenters. The quantitative estimate of drug-likeness (QED) is 0.622. The molecule has 1 saturated heterocycles. The average Bonchev–Trinajstić information content (AvgIpc) is 3.21. The average molecular weight is 377 g/mol. The highest BCUT2D eigenvalue weighted by Gasteiger charge is 2.62. The van der Waals surface area contributed by atoms with E-state index >= 15 is 0 Å². The van der Waals surface area contributed by atoms with Gasteiger partial charge in [-0.05, 0) is 74.0 Å². The molecule has 4 nitrogen and oxygen atoms in total. The molecule has 1 aliphatic heterocycles. The van der Waals surface area contributed by atoms with Gasteiger partial charge in [0.1, 0.15) is 6.10 Å². The van der Waals surface area contributed by atoms with Crippen molar-refractivity contribution < 1.29 is 19.0 Å². The monoisotopic (exact) mass is 376 g/mol. The second-order valence-electron chi connectivity index (χ2n) is 10.7. The third kappa shape index (κ3) is 2.65. The van der Waals surface area contributed by atoms with Gasteiger partial charge in [-0.3, -0.25) is 4.79 Å². The first kappa shape index (κ1) is 18.4. The summed E-state index contributed by atoms with van der Waals surface area (Å²) in [6.45, 7) is 8.11. The fourth-order valence-electron chi connectivity index (χ4n) is 8.30. The first-order valence-corrected chi connectivity index (χ1v) is 11.3. The molecule has 0 radical (unpaired) electrons. The van der Waals surface area contributed by atoms with E-state index in [2.05, 4.69) is 13.8 Å². The van der Waals surface area contributed by atoms with Crippen LogP contribution in [0.2, 0.25) is 0 Å². The molecule has 152 valence electrons. The fourth-order valence-corrected chi connectivity index (χ4v) is 8.30. The van der Waals surface area contributed by atoms with Crippen molar-refractivity contribution in [1.29, 1.82) is 0 Å². The van der Waals surface area contributed by atoms with Crippen LogP contribution in [0, 0.1) is 34.5 Å². The fraction of sp³-hybridized carbons (Fsp3) is 0.957. The van der Waals surface area contributed by atoms with Crippen LogP contribution in [0.5, 0.6) is 0 Å². The van der Waals surface area contributed by atoms with Gasteiger partial charge in [0.25, 0.3) is 0 Å². The molecule has 0 amide bonds. The highest BCUT2D eigenvalue weighted by Crippen LogP contribution is 2.67. The van der Waals surface area contributed by atoms with Crippen LogP contribution >= 0.6 is 0 Å². The van der Waals surface area contributed by atoms with Gasteiger partial charge in [-0.15, -0.1) is 0 Å². The molecule has 5 rings (SSSR count). The molecule has 0 bridgehead atoms. The molecule has 4 aliphatic carbocycles. The van der Waals surface area contributed by atoms with E-state index in [1.807, 2.05) is 0 Å². The second kappa shape index (κ2) is 6.19. The summed E-state index contributed by atoms with van der Waals surface area (Å²) in [5, 5.41) is 0. The number of hydrogen-bond donors (Lipinski definition) is 0. The van der Waals surface area contributed by atoms with Gasteiger partial charge in [0.2, 0.25) is 0 Å². The van der Waals surface area contributed by atoms with E-state index in [0.717, 1.165) is 56.1 Å². The van der Waals surface area contributed by atoms with E-state index < -0.39 is 0 Å². The van der Waals surface area contributed by atoms with E-state index in [1.165, 1.54) is 38.5 Å². The second-order valence-corrected chi connectivity index (χ2v) is 10.7. The molecular weight excluding hydrogens is 340 g/mol. The highest BCUT2D eigenvalue weighted by atomic mass is 16.7. The lowest BCUT2D eigenvalue weighted by molar-refractivity contribution is -0.230. The minimum absolute atomic E-state index is 0.103. The maximum atomic E-state index is 11.6. The van der Waals surface area contributed by atoms with Crippen LogP contribution in [-0.2, 0) is 19.0 Å². The van der Waals surface area contributed by atoms with Crippen LogP contribution in [-0.4, -0.2) is 31.1 Å². The predicted octanol–water partition coefficient (Wildman–Crippen LogP) is 4.70. The summed E-state index contributed by atoms with van der Waals surface area (Å²) in [6, 6.07) is 0. The van der Waals surface area contributed by atoms with Crippen molar-refractivity contribution in [3.63, 3.8) is 0 Å². The maximum absolute atomic E-state index is 11.6. The van der Waals surface area contributed by atoms with Gasteiger partial charge < -0.3 is 14.2 Å². The van der Waals surface area contributed by atoms with Crippen molar-refractivity contribution in [3.05, 3.63) is 0 Å². The Labute approximate surface area is 163 Å². The molecule has 5 aliphatic rings. The molecule has 0 N–H and O–H groups in total. The van der Waals surface area contributed by atoms with Gasteiger partial charge in [0.15, 0.2) is 5.79 Å². The zero-order chi connectivity index (χ0) is 18.9. The van der Waals surface area contributed by atoms with Gasteiger partial charge in [-0.2, -0.15) is 0 Å². The third-order valence-electron chi connectivity index (χ3n) is 9.70. The first-order valence-electron chi connectivity index (χ1n) is 11.3. The van der Waals surface area contributed by atoms with Crippen molar-refractivity contribution in [2.75, 3.05) is 13.2 Å². The summed E-state index contributed by atoms with van der Waals surface area (Å²) in [7, 11) is 0. The SMILES string of the molecule is CC(=O)O[C@@H]1CC[C@H]2[C@H]3CC[C@H]4CC5(CC[C@]4(C)[C@@H]3CC[C@]12C)OCCO5. The van der Waals surface area contributed by atoms with Crippen LogP contribution in [0.25, 0.3) is 0 Å². The summed E-state index contributed by atoms with van der Waals surface area (Å²) in [6.07, 6.45) is 11.0. The molecule has 0 aromatic heterocycles. The Hall–Kier alpha value is -0.610. The van der Waals surface area contributed by atoms with E-state index in [-0.39, 0.29) is 23.3 Å². The predicted molar refractivity (Wildman–Crippen MR) is 102 cm³/mol. The van der Waals surface area contributed by atoms with Crippen molar-refractivity contribution >= 4 is 5.97 Å². The number of ether oxygens (including phenoxy) is 3. The van der Waals surface area contributed by atoms with E-state index in [1.54, 1.807) is 6.92 Å². The summed E-state index contributed by atoms with van der Waals surface area (Å²) in [5.41, 5.74) is 0.633. The van der Waals surface area contributed by atoms with Gasteiger partial charge in [0, 0.05) is 25.2 Å². The molecule has 5 fully saturated rings. The zero-order valence-electron chi connectivity index (χ0n) is 17.3. The number of fused-ring (bicyclic) bond motifs is 5. The smallest absolute Gasteiger partial charge is 0.302 e. The lowest BCUT2D eigenvalue weighted by atomic mass is 9.45. The Morgan fingerprint density at radius 2 is 1.63 bits per heavy atom. The third-order valence-corrected chi connectivity index (χ3v) is 9.70. The Kier molecular flexibility index (Phi) is 4.22. The van der Waals surface area contributed by atoms with Crippen LogP contribution < -0.4 is 0 Å². The Morgan fingerprint density at radius 1 is 0.889 bits per heavy atom. The van der Waals surface area contributed by atoms with Crippen molar-refractivity contribution in [3.8, 4) is 0 Å². The number of esters is 1. The molecule has 0 aromatic rings. The Balaban J connectivity index is 1.37. The zero-order valence-corrected chi connectivity index (χ0v) is 17.3. The summed E-state index contributed by atoms with van der Waals surface area (Å²) in [4.78, 5) is 11.6. The number of rotatable bonds is 1. The topological polar surface area (TPSA) is 44.8 Å². The van der Waals surface area contributed by atoms with E-state index in [9.17, 15) is 4.79 Å². The minimum atomic E-state index is -0.256. The molecular formula is C23H36O4. The van der Waals surface area contributed by atoms with Gasteiger partial charge >= 0.3 is 5.97 Å². The molecule has 1 spiro atoms. The minimum Gasteiger partial charge on any atom is -0.462 e. The largest absolute Gasteiger partial charge is 0.462 e. The van der Waals surface area contributed by atoms with Gasteiger partial charge in [0.05, 0.1) is 13.2 Å². The van der Waals surface area contributed by atoms with Crippen molar-refractivity contribution in [2.24, 2.45) is 34.5 Å². The molecule has 0 aromatic carbocycles. The molecule has 1 heterocycles. The number of hydrogen-bond acceptors (Lipinski definition) is 4. The summed E-state index contributed by atoms with van der Waals surface area (Å²) in [5.74, 6) is 2.74. The number of carbonyl (C=O) groups excluding carboxylic acids is 1. The first-order chi connectivity index (χ1) is 12.9. The highest BCUT2D eigenvalue weighted by molar-refractivity contribution is 5.66. The van der Waals surface area contributed by atoms with Gasteiger partial charge in [-0.25, -0.2) is 0 Å². The van der Waals surface area contributed by atoms with Crippen LogP contribution in [0.4, 0.5) is 0 Å². The number of carbonyl (C=O) groups is 1. The summed E-state index contributed by atoms with van der Waals surface area (Å²) < 4.78 is 17.9. The Morgan fingerprint density at radius 3 is 2.37 bits per heavy atom. The van der Waals surface area contributed by atoms with Crippen molar-refractivity contribution in [2.45, 2.75) is 90.4 Å². The molecule has 7 atom stereocenters. The lowest BCUT2D eigenvalue weighted by Gasteiger charge is -2.61. The van der Waals surface area contributed by atoms with Gasteiger partial charge in [-0.1, -0.05) is 13.8 Å². The molecule has 4 saturated carbocycles. The van der Waals surface area contributed by atoms with E-state index in [0.29, 0.717) is 5.41 Å². The Bertz CT molecular complexity index is 611. The molecule has 4 heteroatoms. The standard InChI is InChI=1S/C23H36O4/c1-15(24)27-20-7-6-18-17-5-4-16-14-23(25-12-13-26-23)11-10-21(16,2)19(17)8-9-22(18,20)3/h16-20H,4-14H2,1-3H3/t16-,17+,18-,19+,20+,21-,22-/m0/s1. The lowest BCUT2D eigenvalue weighted by Crippen LogP contribution is -2.56. The van der Waals surface area contributed by atoms with E-state index in [4.69, 9.17) is 14.2 Å². The van der Waals surface area contributed by atoms with Crippen LogP contribution in [0.15, 0.2) is 0 Å². The van der Waals surface area contributed by atoms with Crippen molar-refractivity contribution in [1.82, 2.24) is 0 Å². The molecule has 27 heavy (non-hydrogen) atoms. The van der Waals surface area contributed by atoms with Crippen LogP contribution in [0.1, 0.15) is 78.6 Å². The normalized spacial score (nSPS) is 50.7. The van der Waals surface area contributed by atoms with Crippen LogP contribution in [0.3, 0.4) is 0 Å².